The van der Waals surface area contributed by atoms with Crippen LogP contribution in [0.2, 0.25) is 5.02 Å². The van der Waals surface area contributed by atoms with Crippen LogP contribution in [-0.4, -0.2) is 11.3 Å². The largest absolute Gasteiger partial charge is 0.389 e. The van der Waals surface area contributed by atoms with Crippen molar-refractivity contribution in [3.8, 4) is 0 Å². The van der Waals surface area contributed by atoms with Gasteiger partial charge in [0.05, 0.1) is 5.02 Å². The summed E-state index contributed by atoms with van der Waals surface area (Å²) in [5, 5.41) is 0.407. The van der Waals surface area contributed by atoms with Gasteiger partial charge in [0.2, 0.25) is 0 Å². The second kappa shape index (κ2) is 3.65. The minimum Gasteiger partial charge on any atom is -0.389 e. The van der Waals surface area contributed by atoms with Gasteiger partial charge in [-0.3, -0.25) is 4.79 Å². The van der Waals surface area contributed by atoms with Crippen LogP contribution in [0.25, 0.3) is 0 Å². The topological polar surface area (TPSA) is 43.1 Å². The zero-order chi connectivity index (χ0) is 9.14. The molecule has 0 aliphatic heterocycles. The van der Waals surface area contributed by atoms with Gasteiger partial charge in [-0.05, 0) is 12.1 Å². The van der Waals surface area contributed by atoms with E-state index < -0.39 is 0 Å². The molecule has 0 unspecified atom stereocenters. The molecule has 1 aromatic carbocycles. The Bertz CT molecular complexity index is 338. The molecule has 2 N–H and O–H groups in total. The van der Waals surface area contributed by atoms with Crippen molar-refractivity contribution >= 4 is 35.1 Å². The van der Waals surface area contributed by atoms with Crippen molar-refractivity contribution in [2.45, 2.75) is 0 Å². The normalized spacial score (nSPS) is 9.42. The SMILES string of the molecule is NC(=S)c1ccc(Cl)c(C=O)c1. The predicted molar refractivity (Wildman–Crippen MR) is 52.7 cm³/mol. The first-order chi connectivity index (χ1) is 5.65. The number of hydrogen-bond acceptors (Lipinski definition) is 2. The van der Waals surface area contributed by atoms with E-state index in [-0.39, 0.29) is 4.99 Å². The molecule has 0 aliphatic carbocycles. The fourth-order valence-corrected chi connectivity index (χ4v) is 1.08. The lowest BCUT2D eigenvalue weighted by molar-refractivity contribution is 0.112. The van der Waals surface area contributed by atoms with E-state index in [0.29, 0.717) is 22.4 Å². The number of carbonyl (C=O) groups excluding carboxylic acids is 1. The van der Waals surface area contributed by atoms with Gasteiger partial charge in [0.25, 0.3) is 0 Å². The zero-order valence-corrected chi connectivity index (χ0v) is 7.65. The Labute approximate surface area is 80.3 Å². The molecule has 12 heavy (non-hydrogen) atoms. The Morgan fingerprint density at radius 2 is 2.25 bits per heavy atom. The second-order valence-corrected chi connectivity index (χ2v) is 3.07. The first-order valence-corrected chi connectivity index (χ1v) is 3.98. The van der Waals surface area contributed by atoms with E-state index in [4.69, 9.17) is 29.6 Å². The number of halogens is 1. The number of carbonyl (C=O) groups is 1. The van der Waals surface area contributed by atoms with Crippen LogP contribution in [0.15, 0.2) is 18.2 Å². The average Bonchev–Trinajstić information content (AvgIpc) is 2.05. The minimum atomic E-state index is 0.259. The minimum absolute atomic E-state index is 0.259. The van der Waals surface area contributed by atoms with Crippen molar-refractivity contribution in [1.29, 1.82) is 0 Å². The third-order valence-corrected chi connectivity index (χ3v) is 1.99. The number of hydrogen-bond donors (Lipinski definition) is 1. The summed E-state index contributed by atoms with van der Waals surface area (Å²) in [5.74, 6) is 0. The molecule has 0 heterocycles. The summed E-state index contributed by atoms with van der Waals surface area (Å²) in [5.41, 5.74) is 6.41. The van der Waals surface area contributed by atoms with Crippen molar-refractivity contribution in [3.63, 3.8) is 0 Å². The molecule has 0 atom stereocenters. The van der Waals surface area contributed by atoms with Crippen molar-refractivity contribution in [2.75, 3.05) is 0 Å². The maximum absolute atomic E-state index is 10.4. The van der Waals surface area contributed by atoms with Crippen LogP contribution in [0.5, 0.6) is 0 Å². The van der Waals surface area contributed by atoms with E-state index in [9.17, 15) is 4.79 Å². The van der Waals surface area contributed by atoms with E-state index in [1.54, 1.807) is 18.2 Å². The second-order valence-electron chi connectivity index (χ2n) is 2.22. The lowest BCUT2D eigenvalue weighted by Gasteiger charge is -1.99. The standard InChI is InChI=1S/C8H6ClNOS/c9-7-2-1-5(8(10)12)3-6(7)4-11/h1-4H,(H2,10,12). The molecule has 2 nitrogen and oxygen atoms in total. The predicted octanol–water partition coefficient (Wildman–Crippen LogP) is 1.79. The third-order valence-electron chi connectivity index (χ3n) is 1.41. The average molecular weight is 200 g/mol. The van der Waals surface area contributed by atoms with Crippen LogP contribution in [0.4, 0.5) is 0 Å². The molecule has 0 aromatic heterocycles. The van der Waals surface area contributed by atoms with Crippen molar-refractivity contribution in [1.82, 2.24) is 0 Å². The fourth-order valence-electron chi connectivity index (χ4n) is 0.787. The van der Waals surface area contributed by atoms with Gasteiger partial charge in [0.15, 0.2) is 6.29 Å². The summed E-state index contributed by atoms with van der Waals surface area (Å²) in [6.45, 7) is 0. The maximum Gasteiger partial charge on any atom is 0.151 e. The van der Waals surface area contributed by atoms with Gasteiger partial charge < -0.3 is 5.73 Å². The number of thiocarbonyl (C=S) groups is 1. The summed E-state index contributed by atoms with van der Waals surface area (Å²) in [6.07, 6.45) is 0.671. The highest BCUT2D eigenvalue weighted by Gasteiger charge is 2.01. The van der Waals surface area contributed by atoms with E-state index >= 15 is 0 Å². The molecule has 4 heteroatoms. The van der Waals surface area contributed by atoms with Crippen molar-refractivity contribution < 1.29 is 4.79 Å². The molecule has 0 amide bonds. The van der Waals surface area contributed by atoms with Crippen LogP contribution < -0.4 is 5.73 Å². The highest BCUT2D eigenvalue weighted by atomic mass is 35.5. The van der Waals surface area contributed by atoms with E-state index in [0.717, 1.165) is 0 Å². The van der Waals surface area contributed by atoms with Gasteiger partial charge in [-0.2, -0.15) is 0 Å². The van der Waals surface area contributed by atoms with Crippen LogP contribution in [0.3, 0.4) is 0 Å². The molecular weight excluding hydrogens is 194 g/mol. The summed E-state index contributed by atoms with van der Waals surface area (Å²) < 4.78 is 0. The van der Waals surface area contributed by atoms with Gasteiger partial charge >= 0.3 is 0 Å². The summed E-state index contributed by atoms with van der Waals surface area (Å²) in [4.78, 5) is 10.7. The highest BCUT2D eigenvalue weighted by molar-refractivity contribution is 7.80. The third kappa shape index (κ3) is 1.81. The number of rotatable bonds is 2. The van der Waals surface area contributed by atoms with Gasteiger partial charge in [0.1, 0.15) is 4.99 Å². The lowest BCUT2D eigenvalue weighted by atomic mass is 10.1. The first-order valence-electron chi connectivity index (χ1n) is 3.19. The molecule has 0 radical (unpaired) electrons. The summed E-state index contributed by atoms with van der Waals surface area (Å²) in [7, 11) is 0. The maximum atomic E-state index is 10.4. The van der Waals surface area contributed by atoms with Crippen LogP contribution in [-0.2, 0) is 0 Å². The molecule has 0 fully saturated rings. The Kier molecular flexibility index (Phi) is 2.78. The smallest absolute Gasteiger partial charge is 0.151 e. The van der Waals surface area contributed by atoms with E-state index in [2.05, 4.69) is 0 Å². The molecule has 0 spiro atoms. The quantitative estimate of drug-likeness (QED) is 0.584. The van der Waals surface area contributed by atoms with Crippen molar-refractivity contribution in [2.24, 2.45) is 5.73 Å². The summed E-state index contributed by atoms with van der Waals surface area (Å²) in [6, 6.07) is 4.84. The van der Waals surface area contributed by atoms with E-state index in [1.807, 2.05) is 0 Å². The number of aldehydes is 1. The zero-order valence-electron chi connectivity index (χ0n) is 6.08. The van der Waals surface area contributed by atoms with Gasteiger partial charge in [-0.1, -0.05) is 29.9 Å². The Balaban J connectivity index is 3.22. The van der Waals surface area contributed by atoms with Crippen LogP contribution >= 0.6 is 23.8 Å². The molecule has 62 valence electrons. The molecule has 1 aromatic rings. The molecular formula is C8H6ClNOS. The molecule has 0 saturated heterocycles. The lowest BCUT2D eigenvalue weighted by Crippen LogP contribution is -2.09. The fraction of sp³-hybridized carbons (Fsp3) is 0. The molecule has 0 aliphatic rings. The van der Waals surface area contributed by atoms with Gasteiger partial charge in [0, 0.05) is 11.1 Å². The van der Waals surface area contributed by atoms with E-state index in [1.165, 1.54) is 0 Å². The number of nitrogens with two attached hydrogens (primary N) is 1. The first kappa shape index (κ1) is 9.16. The molecule has 0 bridgehead atoms. The molecule has 1 rings (SSSR count). The van der Waals surface area contributed by atoms with Gasteiger partial charge in [-0.15, -0.1) is 0 Å². The highest BCUT2D eigenvalue weighted by Crippen LogP contribution is 2.15. The Hall–Kier alpha value is -0.930. The van der Waals surface area contributed by atoms with Crippen LogP contribution in [0.1, 0.15) is 15.9 Å². The number of benzene rings is 1. The van der Waals surface area contributed by atoms with Crippen molar-refractivity contribution in [3.05, 3.63) is 34.3 Å². The van der Waals surface area contributed by atoms with Gasteiger partial charge in [-0.25, -0.2) is 0 Å². The van der Waals surface area contributed by atoms with Crippen LogP contribution in [0, 0.1) is 0 Å². The summed E-state index contributed by atoms with van der Waals surface area (Å²) >= 11 is 10.4. The monoisotopic (exact) mass is 199 g/mol. The Morgan fingerprint density at radius 3 is 2.75 bits per heavy atom. The Morgan fingerprint density at radius 1 is 1.58 bits per heavy atom. The molecule has 0 saturated carbocycles.